The van der Waals surface area contributed by atoms with E-state index in [1.807, 2.05) is 6.07 Å². The number of aryl methyl sites for hydroxylation is 1. The number of unbranched alkanes of at least 4 members (excludes halogenated alkanes) is 3. The molecule has 2 aliphatic heterocycles. The van der Waals surface area contributed by atoms with Gasteiger partial charge in [0, 0.05) is 31.1 Å². The minimum absolute atomic E-state index is 0.223. The van der Waals surface area contributed by atoms with Gasteiger partial charge in [0.2, 0.25) is 0 Å². The highest BCUT2D eigenvalue weighted by Gasteiger charge is 2.38. The summed E-state index contributed by atoms with van der Waals surface area (Å²) in [7, 11) is 0. The molecule has 0 aliphatic carbocycles. The van der Waals surface area contributed by atoms with Gasteiger partial charge in [0.05, 0.1) is 0 Å². The lowest BCUT2D eigenvalue weighted by atomic mass is 9.77. The van der Waals surface area contributed by atoms with E-state index in [0.29, 0.717) is 5.75 Å². The van der Waals surface area contributed by atoms with Gasteiger partial charge in [0.25, 0.3) is 0 Å². The van der Waals surface area contributed by atoms with Crippen molar-refractivity contribution in [1.29, 1.82) is 0 Å². The molecule has 1 unspecified atom stereocenters. The van der Waals surface area contributed by atoms with E-state index < -0.39 is 0 Å². The Balaban J connectivity index is 1.31. The van der Waals surface area contributed by atoms with Gasteiger partial charge in [-0.15, -0.1) is 0 Å². The molecule has 3 aromatic carbocycles. The molecular formula is C33H41NO2. The van der Waals surface area contributed by atoms with E-state index in [-0.39, 0.29) is 11.5 Å². The van der Waals surface area contributed by atoms with Crippen LogP contribution in [0.3, 0.4) is 0 Å². The van der Waals surface area contributed by atoms with Gasteiger partial charge in [-0.05, 0) is 79.6 Å². The molecule has 2 aliphatic rings. The Morgan fingerprint density at radius 1 is 0.972 bits per heavy atom. The number of fused-ring (bicyclic) bond motifs is 2. The van der Waals surface area contributed by atoms with Gasteiger partial charge in [-0.2, -0.15) is 0 Å². The lowest BCUT2D eigenvalue weighted by Crippen LogP contribution is -2.37. The van der Waals surface area contributed by atoms with Gasteiger partial charge in [-0.1, -0.05) is 74.2 Å². The molecule has 190 valence electrons. The Bertz CT molecular complexity index is 1240. The molecular weight excluding hydrogens is 442 g/mol. The second-order valence-corrected chi connectivity index (χ2v) is 11.4. The highest BCUT2D eigenvalue weighted by atomic mass is 16.5. The highest BCUT2D eigenvalue weighted by Crippen LogP contribution is 2.50. The molecule has 0 saturated carbocycles. The molecule has 1 atom stereocenters. The number of phenols is 1. The van der Waals surface area contributed by atoms with Crippen molar-refractivity contribution in [2.24, 2.45) is 0 Å². The number of ether oxygens (including phenoxy) is 1. The molecule has 0 radical (unpaired) electrons. The second-order valence-electron chi connectivity index (χ2n) is 11.4. The van der Waals surface area contributed by atoms with Gasteiger partial charge in [-0.3, -0.25) is 4.90 Å². The fraction of sp³-hybridized carbons (Fsp3) is 0.455. The standard InChI is InChI=1S/C33H41NO2/c1-4-5-6-7-10-24-20-30(35)32-29(22-33(2,3)36-31(32)21-24)27-15-17-34(18-16-27)23-25-13-14-26-11-8-9-12-28(26)19-25/h8-9,11-15,19-21,29,35H,4-7,10,16-18,22-23H2,1-3H3. The third-order valence-corrected chi connectivity index (χ3v) is 7.93. The van der Waals surface area contributed by atoms with Gasteiger partial charge < -0.3 is 9.84 Å². The van der Waals surface area contributed by atoms with Gasteiger partial charge >= 0.3 is 0 Å². The normalized spacial score (nSPS) is 19.5. The smallest absolute Gasteiger partial charge is 0.127 e. The van der Waals surface area contributed by atoms with Crippen LogP contribution in [-0.4, -0.2) is 28.7 Å². The molecule has 1 N–H and O–H groups in total. The van der Waals surface area contributed by atoms with Crippen LogP contribution in [0.15, 0.2) is 66.2 Å². The minimum Gasteiger partial charge on any atom is -0.507 e. The fourth-order valence-corrected chi connectivity index (χ4v) is 6.03. The zero-order valence-corrected chi connectivity index (χ0v) is 22.2. The molecule has 0 spiro atoms. The number of phenolic OH excluding ortho intramolecular Hbond substituents is 1. The van der Waals surface area contributed by atoms with E-state index in [1.165, 1.54) is 46.7 Å². The van der Waals surface area contributed by atoms with Gasteiger partial charge in [0.1, 0.15) is 17.1 Å². The summed E-state index contributed by atoms with van der Waals surface area (Å²) in [4.78, 5) is 2.53. The van der Waals surface area contributed by atoms with E-state index in [4.69, 9.17) is 4.74 Å². The zero-order chi connectivity index (χ0) is 25.1. The fourth-order valence-electron chi connectivity index (χ4n) is 6.03. The number of hydrogen-bond donors (Lipinski definition) is 1. The summed E-state index contributed by atoms with van der Waals surface area (Å²) in [6, 6.07) is 19.6. The van der Waals surface area contributed by atoms with Crippen LogP contribution in [-0.2, 0) is 13.0 Å². The molecule has 0 bridgehead atoms. The van der Waals surface area contributed by atoms with Crippen molar-refractivity contribution in [3.63, 3.8) is 0 Å². The number of hydrogen-bond acceptors (Lipinski definition) is 3. The zero-order valence-electron chi connectivity index (χ0n) is 22.2. The summed E-state index contributed by atoms with van der Waals surface area (Å²) in [6.45, 7) is 9.57. The summed E-state index contributed by atoms with van der Waals surface area (Å²) in [5.41, 5.74) is 4.77. The van der Waals surface area contributed by atoms with E-state index in [2.05, 4.69) is 80.3 Å². The van der Waals surface area contributed by atoms with E-state index >= 15 is 0 Å². The summed E-state index contributed by atoms with van der Waals surface area (Å²) < 4.78 is 6.43. The van der Waals surface area contributed by atoms with E-state index in [0.717, 1.165) is 56.6 Å². The second kappa shape index (κ2) is 10.7. The predicted octanol–water partition coefficient (Wildman–Crippen LogP) is 8.15. The average Bonchev–Trinajstić information content (AvgIpc) is 2.86. The van der Waals surface area contributed by atoms with Crippen molar-refractivity contribution in [2.75, 3.05) is 13.1 Å². The topological polar surface area (TPSA) is 32.7 Å². The van der Waals surface area contributed by atoms with E-state index in [9.17, 15) is 5.11 Å². The van der Waals surface area contributed by atoms with Crippen LogP contribution >= 0.6 is 0 Å². The quantitative estimate of drug-likeness (QED) is 0.259. The van der Waals surface area contributed by atoms with Crippen molar-refractivity contribution in [2.45, 2.75) is 83.8 Å². The van der Waals surface area contributed by atoms with Gasteiger partial charge in [-0.25, -0.2) is 0 Å². The van der Waals surface area contributed by atoms with Crippen LogP contribution < -0.4 is 4.74 Å². The van der Waals surface area contributed by atoms with Crippen LogP contribution in [0.4, 0.5) is 0 Å². The molecule has 2 heterocycles. The number of rotatable bonds is 8. The van der Waals surface area contributed by atoms with E-state index in [1.54, 1.807) is 0 Å². The largest absolute Gasteiger partial charge is 0.507 e. The highest BCUT2D eigenvalue weighted by molar-refractivity contribution is 5.82. The van der Waals surface area contributed by atoms with Crippen LogP contribution in [0.25, 0.3) is 10.8 Å². The lowest BCUT2D eigenvalue weighted by molar-refractivity contribution is 0.0745. The maximum atomic E-state index is 11.1. The number of aromatic hydroxyl groups is 1. The van der Waals surface area contributed by atoms with Crippen LogP contribution in [0.2, 0.25) is 0 Å². The van der Waals surface area contributed by atoms with Crippen LogP contribution in [0.1, 0.15) is 81.9 Å². The maximum absolute atomic E-state index is 11.1. The molecule has 3 nitrogen and oxygen atoms in total. The van der Waals surface area contributed by atoms with Crippen molar-refractivity contribution in [3.05, 3.63) is 82.9 Å². The molecule has 0 saturated heterocycles. The SMILES string of the molecule is CCCCCCc1cc(O)c2c(c1)OC(C)(C)CC2C1=CCN(Cc2ccc3ccccc3c2)CC1. The first kappa shape index (κ1) is 24.9. The lowest BCUT2D eigenvalue weighted by Gasteiger charge is -2.40. The Kier molecular flexibility index (Phi) is 7.39. The molecule has 0 fully saturated rings. The Morgan fingerprint density at radius 3 is 2.58 bits per heavy atom. The Morgan fingerprint density at radius 2 is 1.81 bits per heavy atom. The summed E-state index contributed by atoms with van der Waals surface area (Å²) >= 11 is 0. The first-order valence-corrected chi connectivity index (χ1v) is 13.9. The number of nitrogens with zero attached hydrogens (tertiary/aromatic N) is 1. The van der Waals surface area contributed by atoms with Crippen LogP contribution in [0, 0.1) is 0 Å². The predicted molar refractivity (Wildman–Crippen MR) is 150 cm³/mol. The van der Waals surface area contributed by atoms with Crippen LogP contribution in [0.5, 0.6) is 11.5 Å². The third kappa shape index (κ3) is 5.62. The third-order valence-electron chi connectivity index (χ3n) is 7.93. The summed E-state index contributed by atoms with van der Waals surface area (Å²) in [5.74, 6) is 1.53. The molecule has 3 aromatic rings. The number of benzene rings is 3. The molecule has 0 amide bonds. The Hall–Kier alpha value is -2.78. The molecule has 5 rings (SSSR count). The first-order valence-electron chi connectivity index (χ1n) is 13.9. The van der Waals surface area contributed by atoms with Crippen molar-refractivity contribution in [3.8, 4) is 11.5 Å². The van der Waals surface area contributed by atoms with Crippen molar-refractivity contribution in [1.82, 2.24) is 4.90 Å². The maximum Gasteiger partial charge on any atom is 0.127 e. The monoisotopic (exact) mass is 483 g/mol. The Labute approximate surface area is 216 Å². The average molecular weight is 484 g/mol. The first-order chi connectivity index (χ1) is 17.4. The molecule has 3 heteroatoms. The molecule has 0 aromatic heterocycles. The van der Waals surface area contributed by atoms with Crippen molar-refractivity contribution >= 4 is 10.8 Å². The summed E-state index contributed by atoms with van der Waals surface area (Å²) in [6.07, 6.45) is 10.3. The summed E-state index contributed by atoms with van der Waals surface area (Å²) in [5, 5.41) is 13.7. The van der Waals surface area contributed by atoms with Crippen molar-refractivity contribution < 1.29 is 9.84 Å². The minimum atomic E-state index is -0.242. The molecule has 36 heavy (non-hydrogen) atoms. The van der Waals surface area contributed by atoms with Gasteiger partial charge in [0.15, 0.2) is 0 Å².